The molecule has 1 heterocycles. The summed E-state index contributed by atoms with van der Waals surface area (Å²) in [6.07, 6.45) is 1.75. The van der Waals surface area contributed by atoms with Crippen molar-refractivity contribution in [2.75, 3.05) is 0 Å². The van der Waals surface area contributed by atoms with Crippen LogP contribution >= 0.6 is 12.2 Å². The molecule has 2 heteroatoms. The van der Waals surface area contributed by atoms with E-state index in [1.165, 1.54) is 0 Å². The van der Waals surface area contributed by atoms with E-state index in [2.05, 4.69) is 11.1 Å². The average Bonchev–Trinajstić information content (AvgIpc) is 1.69. The van der Waals surface area contributed by atoms with Gasteiger partial charge in [-0.25, -0.2) is 0 Å². The van der Waals surface area contributed by atoms with Crippen LogP contribution in [0.3, 0.4) is 0 Å². The molecule has 0 spiro atoms. The van der Waals surface area contributed by atoms with Crippen LogP contribution in [0, 0.1) is 10.7 Å². The van der Waals surface area contributed by atoms with Crippen LogP contribution in [0.15, 0.2) is 18.3 Å². The first kappa shape index (κ1) is 4.53. The van der Waals surface area contributed by atoms with Gasteiger partial charge in [0.2, 0.25) is 0 Å². The SMILES string of the molecule is S=c1c[c]cc[nH]1. The Kier molecular flexibility index (Phi) is 1.22. The Morgan fingerprint density at radius 2 is 2.57 bits per heavy atom. The van der Waals surface area contributed by atoms with Gasteiger partial charge in [0.15, 0.2) is 0 Å². The molecule has 35 valence electrons. The summed E-state index contributed by atoms with van der Waals surface area (Å²) >= 11 is 4.73. The van der Waals surface area contributed by atoms with Gasteiger partial charge in [-0.15, -0.1) is 0 Å². The summed E-state index contributed by atoms with van der Waals surface area (Å²) in [6.45, 7) is 0. The molecule has 0 fully saturated rings. The lowest BCUT2D eigenvalue weighted by molar-refractivity contribution is 1.30. The van der Waals surface area contributed by atoms with E-state index in [0.29, 0.717) is 0 Å². The maximum absolute atomic E-state index is 4.73. The molecule has 1 rings (SSSR count). The van der Waals surface area contributed by atoms with Crippen molar-refractivity contribution < 1.29 is 0 Å². The Morgan fingerprint density at radius 1 is 1.71 bits per heavy atom. The molecule has 0 saturated heterocycles. The summed E-state index contributed by atoms with van der Waals surface area (Å²) in [7, 11) is 0. The molecule has 0 unspecified atom stereocenters. The third kappa shape index (κ3) is 1.12. The van der Waals surface area contributed by atoms with Crippen molar-refractivity contribution in [1.82, 2.24) is 4.98 Å². The van der Waals surface area contributed by atoms with E-state index < -0.39 is 0 Å². The molecule has 1 aromatic heterocycles. The highest BCUT2D eigenvalue weighted by molar-refractivity contribution is 7.71. The fourth-order valence-corrected chi connectivity index (χ4v) is 0.473. The normalized spacial score (nSPS) is 8.57. The lowest BCUT2D eigenvalue weighted by Crippen LogP contribution is -1.65. The number of pyridine rings is 1. The van der Waals surface area contributed by atoms with Gasteiger partial charge in [-0.2, -0.15) is 0 Å². The van der Waals surface area contributed by atoms with Gasteiger partial charge in [0.25, 0.3) is 0 Å². The highest BCUT2D eigenvalue weighted by Gasteiger charge is 1.66. The molecule has 1 nitrogen and oxygen atoms in total. The zero-order valence-electron chi connectivity index (χ0n) is 3.64. The third-order valence-electron chi connectivity index (χ3n) is 0.620. The molecule has 7 heavy (non-hydrogen) atoms. The average molecular weight is 110 g/mol. The largest absolute Gasteiger partial charge is 0.353 e. The van der Waals surface area contributed by atoms with Crippen molar-refractivity contribution in [2.24, 2.45) is 0 Å². The standard InChI is InChI=1S/C5H4NS/c7-5-3-1-2-4-6-5/h2-4H,(H,6,7). The van der Waals surface area contributed by atoms with Gasteiger partial charge in [-0.1, -0.05) is 12.2 Å². The topological polar surface area (TPSA) is 15.8 Å². The molecule has 0 bridgehead atoms. The van der Waals surface area contributed by atoms with Crippen LogP contribution in [0.5, 0.6) is 0 Å². The lowest BCUT2D eigenvalue weighted by atomic mass is 10.5. The first-order valence-electron chi connectivity index (χ1n) is 1.94. The molecule has 1 aromatic rings. The maximum Gasteiger partial charge on any atom is 0.103 e. The minimum Gasteiger partial charge on any atom is -0.353 e. The number of H-pyrrole nitrogens is 1. The second-order valence-corrected chi connectivity index (χ2v) is 1.59. The van der Waals surface area contributed by atoms with E-state index >= 15 is 0 Å². The fraction of sp³-hybridized carbons (Fsp3) is 0. The maximum atomic E-state index is 4.73. The summed E-state index contributed by atoms with van der Waals surface area (Å²) in [5, 5.41) is 0. The molecule has 0 aliphatic carbocycles. The summed E-state index contributed by atoms with van der Waals surface area (Å²) in [5.74, 6) is 0. The van der Waals surface area contributed by atoms with Crippen molar-refractivity contribution in [3.8, 4) is 0 Å². The van der Waals surface area contributed by atoms with Gasteiger partial charge in [0, 0.05) is 6.20 Å². The molecule has 1 radical (unpaired) electrons. The van der Waals surface area contributed by atoms with Crippen LogP contribution in [0.1, 0.15) is 0 Å². The van der Waals surface area contributed by atoms with Gasteiger partial charge in [0.05, 0.1) is 0 Å². The van der Waals surface area contributed by atoms with Crippen molar-refractivity contribution in [3.63, 3.8) is 0 Å². The Bertz CT molecular complexity index is 174. The van der Waals surface area contributed by atoms with Crippen molar-refractivity contribution in [3.05, 3.63) is 29.0 Å². The zero-order chi connectivity index (χ0) is 5.11. The van der Waals surface area contributed by atoms with E-state index in [9.17, 15) is 0 Å². The van der Waals surface area contributed by atoms with Gasteiger partial charge >= 0.3 is 0 Å². The molecule has 0 saturated carbocycles. The molecular formula is C5H4NS. The second kappa shape index (κ2) is 1.89. The zero-order valence-corrected chi connectivity index (χ0v) is 4.46. The van der Waals surface area contributed by atoms with Crippen LogP contribution in [-0.2, 0) is 0 Å². The molecular weight excluding hydrogens is 106 g/mol. The summed E-state index contributed by atoms with van der Waals surface area (Å²) in [6, 6.07) is 6.32. The Morgan fingerprint density at radius 3 is 2.86 bits per heavy atom. The number of aromatic amines is 1. The Labute approximate surface area is 47.0 Å². The quantitative estimate of drug-likeness (QED) is 0.501. The molecule has 0 amide bonds. The van der Waals surface area contributed by atoms with Gasteiger partial charge in [-0.05, 0) is 18.2 Å². The molecule has 0 aromatic carbocycles. The van der Waals surface area contributed by atoms with Crippen LogP contribution in [0.2, 0.25) is 0 Å². The predicted molar refractivity (Wildman–Crippen MR) is 30.5 cm³/mol. The minimum absolute atomic E-state index is 0.725. The summed E-state index contributed by atoms with van der Waals surface area (Å²) in [5.41, 5.74) is 0. The second-order valence-electron chi connectivity index (χ2n) is 1.15. The van der Waals surface area contributed by atoms with Crippen LogP contribution in [-0.4, -0.2) is 4.98 Å². The number of nitrogens with one attached hydrogen (secondary N) is 1. The van der Waals surface area contributed by atoms with Gasteiger partial charge < -0.3 is 4.98 Å². The van der Waals surface area contributed by atoms with E-state index in [1.54, 1.807) is 18.3 Å². The Balaban J connectivity index is 3.28. The van der Waals surface area contributed by atoms with E-state index in [1.807, 2.05) is 0 Å². The van der Waals surface area contributed by atoms with Crippen molar-refractivity contribution in [1.29, 1.82) is 0 Å². The van der Waals surface area contributed by atoms with Crippen LogP contribution in [0.4, 0.5) is 0 Å². The number of aromatic nitrogens is 1. The summed E-state index contributed by atoms with van der Waals surface area (Å²) < 4.78 is 0.725. The van der Waals surface area contributed by atoms with Gasteiger partial charge in [-0.3, -0.25) is 0 Å². The lowest BCUT2D eigenvalue weighted by Gasteiger charge is -1.75. The first-order chi connectivity index (χ1) is 3.39. The third-order valence-corrected chi connectivity index (χ3v) is 0.855. The smallest absolute Gasteiger partial charge is 0.103 e. The molecule has 0 aliphatic rings. The molecule has 1 N–H and O–H groups in total. The van der Waals surface area contributed by atoms with E-state index in [0.717, 1.165) is 4.64 Å². The molecule has 0 aliphatic heterocycles. The highest BCUT2D eigenvalue weighted by atomic mass is 32.1. The Hall–Kier alpha value is -0.630. The number of hydrogen-bond acceptors (Lipinski definition) is 1. The summed E-state index contributed by atoms with van der Waals surface area (Å²) in [4.78, 5) is 2.81. The number of rotatable bonds is 0. The van der Waals surface area contributed by atoms with Crippen molar-refractivity contribution >= 4 is 12.2 Å². The number of hydrogen-bond donors (Lipinski definition) is 1. The predicted octanol–water partition coefficient (Wildman–Crippen LogP) is 1.54. The highest BCUT2D eigenvalue weighted by Crippen LogP contribution is 1.79. The monoisotopic (exact) mass is 110 g/mol. The van der Waals surface area contributed by atoms with E-state index in [4.69, 9.17) is 12.2 Å². The van der Waals surface area contributed by atoms with Crippen LogP contribution in [0.25, 0.3) is 0 Å². The van der Waals surface area contributed by atoms with Crippen molar-refractivity contribution in [2.45, 2.75) is 0 Å². The fourth-order valence-electron chi connectivity index (χ4n) is 0.337. The van der Waals surface area contributed by atoms with Gasteiger partial charge in [0.1, 0.15) is 4.64 Å². The molecule has 0 atom stereocenters. The minimum atomic E-state index is 0.725. The van der Waals surface area contributed by atoms with Crippen LogP contribution < -0.4 is 0 Å². The first-order valence-corrected chi connectivity index (χ1v) is 2.35. The van der Waals surface area contributed by atoms with E-state index in [-0.39, 0.29) is 0 Å².